The third-order valence-corrected chi connectivity index (χ3v) is 7.97. The first-order valence-electron chi connectivity index (χ1n) is 13.4. The van der Waals surface area contributed by atoms with Gasteiger partial charge in [-0.2, -0.15) is 0 Å². The molecule has 36 heavy (non-hydrogen) atoms. The van der Waals surface area contributed by atoms with E-state index >= 15 is 0 Å². The van der Waals surface area contributed by atoms with E-state index in [4.69, 9.17) is 0 Å². The standard InChI is InChI=1S/C35H39N/c1-22-18-24(3)33(25(4)19-22)28-9-13-30(14-10-28)35(32-8-7-17-36-32)31-15-11-29(12-16-31)34-26(5)20-23(2)21-27(34)6/h9-16,18-21,32,35-36H,7-8,17H2,1-6H3/t32-/m1/s1. The fourth-order valence-corrected chi connectivity index (χ4v) is 6.64. The van der Waals surface area contributed by atoms with Gasteiger partial charge in [-0.25, -0.2) is 0 Å². The maximum absolute atomic E-state index is 3.80. The molecule has 0 aromatic heterocycles. The summed E-state index contributed by atoms with van der Waals surface area (Å²) in [7, 11) is 0. The van der Waals surface area contributed by atoms with E-state index in [1.54, 1.807) is 0 Å². The van der Waals surface area contributed by atoms with Crippen molar-refractivity contribution in [3.8, 4) is 22.3 Å². The van der Waals surface area contributed by atoms with Crippen molar-refractivity contribution in [3.63, 3.8) is 0 Å². The molecule has 0 spiro atoms. The third-order valence-electron chi connectivity index (χ3n) is 7.97. The minimum atomic E-state index is 0.357. The average molecular weight is 474 g/mol. The predicted molar refractivity (Wildman–Crippen MR) is 155 cm³/mol. The summed E-state index contributed by atoms with van der Waals surface area (Å²) >= 11 is 0. The van der Waals surface area contributed by atoms with Crippen LogP contribution in [0.25, 0.3) is 22.3 Å². The zero-order chi connectivity index (χ0) is 25.4. The van der Waals surface area contributed by atoms with Crippen molar-refractivity contribution >= 4 is 0 Å². The van der Waals surface area contributed by atoms with Crippen molar-refractivity contribution < 1.29 is 0 Å². The van der Waals surface area contributed by atoms with Crippen LogP contribution in [0.3, 0.4) is 0 Å². The number of hydrogen-bond acceptors (Lipinski definition) is 1. The Morgan fingerprint density at radius 3 is 1.31 bits per heavy atom. The maximum atomic E-state index is 3.80. The molecule has 1 heterocycles. The van der Waals surface area contributed by atoms with Gasteiger partial charge in [0, 0.05) is 12.0 Å². The zero-order valence-electron chi connectivity index (χ0n) is 22.7. The van der Waals surface area contributed by atoms with Crippen LogP contribution in [0.5, 0.6) is 0 Å². The molecule has 0 aliphatic carbocycles. The molecule has 1 atom stereocenters. The summed E-state index contributed by atoms with van der Waals surface area (Å²) in [6, 6.07) is 28.4. The fraction of sp³-hybridized carbons (Fsp3) is 0.314. The van der Waals surface area contributed by atoms with Gasteiger partial charge in [0.25, 0.3) is 0 Å². The first-order valence-corrected chi connectivity index (χ1v) is 13.4. The molecule has 1 heteroatoms. The van der Waals surface area contributed by atoms with Crippen LogP contribution in [0.15, 0.2) is 72.8 Å². The monoisotopic (exact) mass is 473 g/mol. The maximum Gasteiger partial charge on any atom is 0.0243 e. The van der Waals surface area contributed by atoms with Crippen LogP contribution < -0.4 is 5.32 Å². The number of aryl methyl sites for hydroxylation is 6. The van der Waals surface area contributed by atoms with E-state index < -0.39 is 0 Å². The second kappa shape index (κ2) is 10.1. The van der Waals surface area contributed by atoms with Crippen molar-refractivity contribution in [1.29, 1.82) is 0 Å². The largest absolute Gasteiger partial charge is 0.313 e. The highest BCUT2D eigenvalue weighted by Gasteiger charge is 2.27. The first kappa shape index (κ1) is 24.5. The van der Waals surface area contributed by atoms with Crippen LogP contribution in [0.2, 0.25) is 0 Å². The molecule has 0 radical (unpaired) electrons. The molecule has 5 rings (SSSR count). The second-order valence-electron chi connectivity index (χ2n) is 11.0. The molecule has 1 N–H and O–H groups in total. The lowest BCUT2D eigenvalue weighted by molar-refractivity contribution is 0.540. The Morgan fingerprint density at radius 2 is 0.972 bits per heavy atom. The molecule has 4 aromatic carbocycles. The molecular formula is C35H39N. The van der Waals surface area contributed by atoms with Crippen LogP contribution in [-0.2, 0) is 0 Å². The SMILES string of the molecule is Cc1cc(C)c(-c2ccc(C(c3ccc(-c4c(C)cc(C)cc4C)cc3)[C@H]3CCCN3)cc2)c(C)c1. The molecule has 1 saturated heterocycles. The summed E-state index contributed by atoms with van der Waals surface area (Å²) in [5, 5.41) is 3.80. The van der Waals surface area contributed by atoms with Crippen LogP contribution >= 0.6 is 0 Å². The van der Waals surface area contributed by atoms with E-state index in [9.17, 15) is 0 Å². The topological polar surface area (TPSA) is 12.0 Å². The molecule has 0 unspecified atom stereocenters. The zero-order valence-corrected chi connectivity index (χ0v) is 22.7. The lowest BCUT2D eigenvalue weighted by Crippen LogP contribution is -2.29. The smallest absolute Gasteiger partial charge is 0.0243 e. The fourth-order valence-electron chi connectivity index (χ4n) is 6.64. The minimum Gasteiger partial charge on any atom is -0.313 e. The Kier molecular flexibility index (Phi) is 6.86. The molecule has 1 nitrogen and oxygen atoms in total. The lowest BCUT2D eigenvalue weighted by atomic mass is 9.82. The number of benzene rings is 4. The van der Waals surface area contributed by atoms with Crippen LogP contribution in [0.4, 0.5) is 0 Å². The summed E-state index contributed by atoms with van der Waals surface area (Å²) in [4.78, 5) is 0. The lowest BCUT2D eigenvalue weighted by Gasteiger charge is -2.26. The van der Waals surface area contributed by atoms with Gasteiger partial charge in [-0.3, -0.25) is 0 Å². The van der Waals surface area contributed by atoms with E-state index in [1.165, 1.54) is 79.6 Å². The highest BCUT2D eigenvalue weighted by Crippen LogP contribution is 2.36. The van der Waals surface area contributed by atoms with Crippen molar-refractivity contribution in [3.05, 3.63) is 117 Å². The van der Waals surface area contributed by atoms with Gasteiger partial charge >= 0.3 is 0 Å². The van der Waals surface area contributed by atoms with Gasteiger partial charge in [-0.1, -0.05) is 83.9 Å². The summed E-state index contributed by atoms with van der Waals surface area (Å²) in [6.45, 7) is 14.4. The Morgan fingerprint density at radius 1 is 0.583 bits per heavy atom. The molecule has 0 saturated carbocycles. The molecule has 4 aromatic rings. The summed E-state index contributed by atoms with van der Waals surface area (Å²) in [6.07, 6.45) is 2.47. The van der Waals surface area contributed by atoms with Crippen molar-refractivity contribution in [2.75, 3.05) is 6.54 Å². The van der Waals surface area contributed by atoms with Crippen molar-refractivity contribution in [2.24, 2.45) is 0 Å². The first-order chi connectivity index (χ1) is 17.3. The second-order valence-corrected chi connectivity index (χ2v) is 11.0. The van der Waals surface area contributed by atoms with Crippen LogP contribution in [0.1, 0.15) is 63.3 Å². The van der Waals surface area contributed by atoms with Crippen LogP contribution in [-0.4, -0.2) is 12.6 Å². The summed E-state index contributed by atoms with van der Waals surface area (Å²) < 4.78 is 0. The Hall–Kier alpha value is -3.16. The van der Waals surface area contributed by atoms with Gasteiger partial charge in [0.05, 0.1) is 0 Å². The summed E-state index contributed by atoms with van der Waals surface area (Å²) in [5.41, 5.74) is 16.2. The van der Waals surface area contributed by atoms with E-state index in [2.05, 4.69) is 120 Å². The molecule has 1 aliphatic heterocycles. The molecule has 184 valence electrons. The van der Waals surface area contributed by atoms with Crippen molar-refractivity contribution in [1.82, 2.24) is 5.32 Å². The number of rotatable bonds is 5. The van der Waals surface area contributed by atoms with Gasteiger partial charge in [0.15, 0.2) is 0 Å². The predicted octanol–water partition coefficient (Wildman–Crippen LogP) is 8.76. The normalized spacial score (nSPS) is 15.6. The third kappa shape index (κ3) is 4.77. The highest BCUT2D eigenvalue weighted by molar-refractivity contribution is 5.73. The number of hydrogen-bond donors (Lipinski definition) is 1. The van der Waals surface area contributed by atoms with Gasteiger partial charge in [-0.15, -0.1) is 0 Å². The van der Waals surface area contributed by atoms with Crippen molar-refractivity contribution in [2.45, 2.75) is 66.3 Å². The Balaban J connectivity index is 1.50. The molecule has 1 fully saturated rings. The Labute approximate surface area is 217 Å². The highest BCUT2D eigenvalue weighted by atomic mass is 14.9. The van der Waals surface area contributed by atoms with Gasteiger partial charge in [0.1, 0.15) is 0 Å². The summed E-state index contributed by atoms with van der Waals surface area (Å²) in [5.74, 6) is 0.357. The number of nitrogens with one attached hydrogen (secondary N) is 1. The molecule has 0 bridgehead atoms. The quantitative estimate of drug-likeness (QED) is 0.305. The van der Waals surface area contributed by atoms with E-state index in [1.807, 2.05) is 0 Å². The Bertz CT molecular complexity index is 1220. The van der Waals surface area contributed by atoms with E-state index in [-0.39, 0.29) is 0 Å². The molecule has 0 amide bonds. The van der Waals surface area contributed by atoms with Gasteiger partial charge in [-0.05, 0) is 117 Å². The van der Waals surface area contributed by atoms with E-state index in [0.717, 1.165) is 6.54 Å². The van der Waals surface area contributed by atoms with Gasteiger partial charge < -0.3 is 5.32 Å². The molecule has 1 aliphatic rings. The molecular weight excluding hydrogens is 434 g/mol. The van der Waals surface area contributed by atoms with Gasteiger partial charge in [0.2, 0.25) is 0 Å². The van der Waals surface area contributed by atoms with E-state index in [0.29, 0.717) is 12.0 Å². The average Bonchev–Trinajstić information content (AvgIpc) is 3.34. The van der Waals surface area contributed by atoms with Crippen LogP contribution in [0, 0.1) is 41.5 Å². The minimum absolute atomic E-state index is 0.357.